The van der Waals surface area contributed by atoms with E-state index in [9.17, 15) is 24.3 Å². The SMILES string of the molecule is C/C=c1/ccc(CN2C(=O)CC3(C2=O)C(=O)N(CC(=O)O)c2ccc(Cl)cc23)c/c1=C/CC. The molecule has 2 aromatic rings. The predicted molar refractivity (Wildman–Crippen MR) is 124 cm³/mol. The Hall–Kier alpha value is -3.45. The van der Waals surface area contributed by atoms with Gasteiger partial charge >= 0.3 is 5.97 Å². The minimum atomic E-state index is -1.79. The van der Waals surface area contributed by atoms with Crippen molar-refractivity contribution in [1.29, 1.82) is 0 Å². The largest absolute Gasteiger partial charge is 0.480 e. The van der Waals surface area contributed by atoms with E-state index < -0.39 is 35.7 Å². The Morgan fingerprint density at radius 3 is 2.48 bits per heavy atom. The van der Waals surface area contributed by atoms with Gasteiger partial charge in [0.15, 0.2) is 5.41 Å². The highest BCUT2D eigenvalue weighted by Gasteiger charge is 2.63. The molecule has 2 aliphatic rings. The molecule has 2 heterocycles. The standard InChI is InChI=1S/C25H23ClN2O5/c1-3-5-17-10-15(6-7-16(17)4-2)13-28-21(29)12-25(24(28)33)19-11-18(26)8-9-20(19)27(23(25)32)14-22(30)31/h4-11H,3,12-14H2,1-2H3,(H,30,31)/b16-4-,17-5-. The Kier molecular flexibility index (Phi) is 5.84. The van der Waals surface area contributed by atoms with Crippen LogP contribution in [0.2, 0.25) is 5.02 Å². The summed E-state index contributed by atoms with van der Waals surface area (Å²) < 4.78 is 0. The molecule has 33 heavy (non-hydrogen) atoms. The van der Waals surface area contributed by atoms with Gasteiger partial charge < -0.3 is 5.11 Å². The van der Waals surface area contributed by atoms with Crippen LogP contribution in [0.25, 0.3) is 12.2 Å². The Labute approximate surface area is 195 Å². The van der Waals surface area contributed by atoms with Crippen molar-refractivity contribution in [1.82, 2.24) is 4.90 Å². The fraction of sp³-hybridized carbons (Fsp3) is 0.280. The van der Waals surface area contributed by atoms with E-state index in [4.69, 9.17) is 11.6 Å². The van der Waals surface area contributed by atoms with Crippen LogP contribution in [-0.4, -0.2) is 40.2 Å². The summed E-state index contributed by atoms with van der Waals surface area (Å²) in [4.78, 5) is 53.6. The highest BCUT2D eigenvalue weighted by Crippen LogP contribution is 2.49. The zero-order valence-electron chi connectivity index (χ0n) is 18.3. The Bertz CT molecular complexity index is 1320. The lowest BCUT2D eigenvalue weighted by Crippen LogP contribution is -2.47. The molecule has 0 bridgehead atoms. The average Bonchev–Trinajstić information content (AvgIpc) is 3.15. The number of carboxylic acids is 1. The second-order valence-electron chi connectivity index (χ2n) is 8.18. The number of hydrogen-bond donors (Lipinski definition) is 1. The van der Waals surface area contributed by atoms with Crippen molar-refractivity contribution in [3.8, 4) is 0 Å². The number of hydrogen-bond acceptors (Lipinski definition) is 4. The molecule has 170 valence electrons. The monoisotopic (exact) mass is 466 g/mol. The van der Waals surface area contributed by atoms with E-state index in [0.717, 1.165) is 32.2 Å². The van der Waals surface area contributed by atoms with E-state index >= 15 is 0 Å². The number of benzene rings is 2. The van der Waals surface area contributed by atoms with Gasteiger partial charge in [-0.25, -0.2) is 0 Å². The van der Waals surface area contributed by atoms with Gasteiger partial charge in [-0.1, -0.05) is 42.8 Å². The molecule has 2 aliphatic heterocycles. The first kappa shape index (κ1) is 22.7. The van der Waals surface area contributed by atoms with Gasteiger partial charge in [-0.2, -0.15) is 0 Å². The third-order valence-electron chi connectivity index (χ3n) is 6.17. The van der Waals surface area contributed by atoms with E-state index in [1.807, 2.05) is 38.1 Å². The highest BCUT2D eigenvalue weighted by atomic mass is 35.5. The van der Waals surface area contributed by atoms with E-state index in [1.54, 1.807) is 0 Å². The van der Waals surface area contributed by atoms with Crippen LogP contribution >= 0.6 is 11.6 Å². The van der Waals surface area contributed by atoms with Gasteiger partial charge in [0, 0.05) is 16.3 Å². The van der Waals surface area contributed by atoms with Gasteiger partial charge in [-0.05, 0) is 53.6 Å². The van der Waals surface area contributed by atoms with E-state index in [2.05, 4.69) is 6.08 Å². The second-order valence-corrected chi connectivity index (χ2v) is 8.61. The molecule has 0 radical (unpaired) electrons. The summed E-state index contributed by atoms with van der Waals surface area (Å²) in [5.41, 5.74) is -0.462. The quantitative estimate of drug-likeness (QED) is 0.537. The number of halogens is 1. The molecule has 1 atom stereocenters. The minimum Gasteiger partial charge on any atom is -0.480 e. The smallest absolute Gasteiger partial charge is 0.323 e. The number of carboxylic acid groups (broad SMARTS) is 1. The molecule has 1 fully saturated rings. The van der Waals surface area contributed by atoms with Crippen LogP contribution in [0.3, 0.4) is 0 Å². The average molecular weight is 467 g/mol. The Balaban J connectivity index is 1.76. The maximum Gasteiger partial charge on any atom is 0.323 e. The molecular weight excluding hydrogens is 444 g/mol. The van der Waals surface area contributed by atoms with Gasteiger partial charge in [0.05, 0.1) is 13.0 Å². The highest BCUT2D eigenvalue weighted by molar-refractivity contribution is 6.32. The number of fused-ring (bicyclic) bond motifs is 2. The van der Waals surface area contributed by atoms with Crippen molar-refractivity contribution >= 4 is 53.1 Å². The Morgan fingerprint density at radius 2 is 1.82 bits per heavy atom. The second kappa shape index (κ2) is 8.48. The van der Waals surface area contributed by atoms with Gasteiger partial charge in [-0.3, -0.25) is 29.0 Å². The van der Waals surface area contributed by atoms with Gasteiger partial charge in [0.2, 0.25) is 17.7 Å². The molecule has 1 N–H and O–H groups in total. The van der Waals surface area contributed by atoms with Crippen LogP contribution in [0.15, 0.2) is 36.4 Å². The van der Waals surface area contributed by atoms with E-state index in [-0.39, 0.29) is 24.2 Å². The normalized spacial score (nSPS) is 21.0. The molecule has 1 spiro atoms. The lowest BCUT2D eigenvalue weighted by molar-refractivity contribution is -0.143. The molecule has 7 nitrogen and oxygen atoms in total. The number of aliphatic carboxylic acids is 1. The minimum absolute atomic E-state index is 0.0239. The summed E-state index contributed by atoms with van der Waals surface area (Å²) in [7, 11) is 0. The fourth-order valence-corrected chi connectivity index (χ4v) is 4.85. The number of imide groups is 1. The van der Waals surface area contributed by atoms with Crippen molar-refractivity contribution in [2.75, 3.05) is 11.4 Å². The number of carbonyl (C=O) groups is 4. The van der Waals surface area contributed by atoms with Crippen LogP contribution < -0.4 is 15.3 Å². The van der Waals surface area contributed by atoms with Gasteiger partial charge in [0.25, 0.3) is 0 Å². The summed E-state index contributed by atoms with van der Waals surface area (Å²) in [5.74, 6) is -3.06. The van der Waals surface area contributed by atoms with Crippen molar-refractivity contribution in [2.45, 2.75) is 38.6 Å². The first-order chi connectivity index (χ1) is 15.7. The molecule has 0 saturated carbocycles. The maximum absolute atomic E-state index is 13.6. The number of amides is 3. The zero-order chi connectivity index (χ0) is 23.9. The first-order valence-corrected chi connectivity index (χ1v) is 11.0. The molecule has 1 unspecified atom stereocenters. The topological polar surface area (TPSA) is 95.0 Å². The van der Waals surface area contributed by atoms with Crippen molar-refractivity contribution in [2.24, 2.45) is 0 Å². The van der Waals surface area contributed by atoms with Crippen LogP contribution in [0.5, 0.6) is 0 Å². The summed E-state index contributed by atoms with van der Waals surface area (Å²) in [6, 6.07) is 10.2. The number of likely N-dealkylation sites (tertiary alicyclic amines) is 1. The molecule has 2 aromatic carbocycles. The number of nitrogens with zero attached hydrogens (tertiary/aromatic N) is 2. The van der Waals surface area contributed by atoms with Crippen molar-refractivity contribution in [3.05, 3.63) is 63.0 Å². The molecular formula is C25H23ClN2O5. The Morgan fingerprint density at radius 1 is 1.09 bits per heavy atom. The maximum atomic E-state index is 13.6. The summed E-state index contributed by atoms with van der Waals surface area (Å²) >= 11 is 6.15. The lowest BCUT2D eigenvalue weighted by Gasteiger charge is -2.22. The molecule has 3 amide bonds. The van der Waals surface area contributed by atoms with Crippen molar-refractivity contribution in [3.63, 3.8) is 0 Å². The zero-order valence-corrected chi connectivity index (χ0v) is 19.1. The van der Waals surface area contributed by atoms with Crippen LogP contribution in [-0.2, 0) is 31.1 Å². The first-order valence-electron chi connectivity index (χ1n) is 10.7. The predicted octanol–water partition coefficient (Wildman–Crippen LogP) is 1.96. The van der Waals surface area contributed by atoms with Gasteiger partial charge in [-0.15, -0.1) is 0 Å². The van der Waals surface area contributed by atoms with E-state index in [0.29, 0.717) is 5.02 Å². The van der Waals surface area contributed by atoms with Crippen LogP contribution in [0.4, 0.5) is 5.69 Å². The van der Waals surface area contributed by atoms with Crippen LogP contribution in [0.1, 0.15) is 37.8 Å². The molecule has 4 rings (SSSR count). The number of rotatable bonds is 5. The molecule has 0 aromatic heterocycles. The summed E-state index contributed by atoms with van der Waals surface area (Å²) in [6.45, 7) is 3.38. The van der Waals surface area contributed by atoms with Gasteiger partial charge in [0.1, 0.15) is 6.54 Å². The molecule has 8 heteroatoms. The fourth-order valence-electron chi connectivity index (χ4n) is 4.68. The third kappa shape index (κ3) is 3.62. The number of carbonyl (C=O) groups excluding carboxylic acids is 3. The van der Waals surface area contributed by atoms with E-state index in [1.165, 1.54) is 18.2 Å². The third-order valence-corrected chi connectivity index (χ3v) is 6.40. The molecule has 0 aliphatic carbocycles. The summed E-state index contributed by atoms with van der Waals surface area (Å²) in [6.07, 6.45) is 4.53. The number of anilines is 1. The van der Waals surface area contributed by atoms with Crippen LogP contribution in [0, 0.1) is 0 Å². The van der Waals surface area contributed by atoms with Crippen molar-refractivity contribution < 1.29 is 24.3 Å². The molecule has 1 saturated heterocycles. The summed E-state index contributed by atoms with van der Waals surface area (Å²) in [5, 5.41) is 11.6. The lowest BCUT2D eigenvalue weighted by atomic mass is 9.80.